The van der Waals surface area contributed by atoms with Crippen molar-refractivity contribution in [3.63, 3.8) is 0 Å². The summed E-state index contributed by atoms with van der Waals surface area (Å²) >= 11 is 3.60. The van der Waals surface area contributed by atoms with Gasteiger partial charge in [-0.3, -0.25) is 4.79 Å². The van der Waals surface area contributed by atoms with E-state index in [9.17, 15) is 4.79 Å². The molecule has 7 heteroatoms. The number of hydrogen-bond acceptors (Lipinski definition) is 5. The van der Waals surface area contributed by atoms with Crippen LogP contribution in [0.2, 0.25) is 0 Å². The Labute approximate surface area is 109 Å². The number of H-pyrrole nitrogens is 1. The molecule has 84 valence electrons. The van der Waals surface area contributed by atoms with Gasteiger partial charge in [-0.05, 0) is 22.6 Å². The van der Waals surface area contributed by atoms with Crippen LogP contribution >= 0.6 is 33.9 Å². The molecule has 2 heterocycles. The molecule has 16 heavy (non-hydrogen) atoms. The lowest BCUT2D eigenvalue weighted by molar-refractivity contribution is 0.974. The standard InChI is InChI=1S/C9H9IN4OS/c10-7-8(13-5-14-9(7)15)12-2-1-6-11-3-4-16-6/h3-5H,1-2H2,(H2,12,13,14,15). The first-order valence-electron chi connectivity index (χ1n) is 4.63. The molecular weight excluding hydrogens is 339 g/mol. The van der Waals surface area contributed by atoms with Crippen LogP contribution in [0.4, 0.5) is 5.82 Å². The van der Waals surface area contributed by atoms with Gasteiger partial charge in [0.05, 0.1) is 11.3 Å². The van der Waals surface area contributed by atoms with Crippen molar-refractivity contribution in [1.29, 1.82) is 0 Å². The highest BCUT2D eigenvalue weighted by molar-refractivity contribution is 14.1. The molecule has 0 aromatic carbocycles. The molecule has 0 aliphatic rings. The van der Waals surface area contributed by atoms with E-state index in [2.05, 4.69) is 20.3 Å². The van der Waals surface area contributed by atoms with Crippen LogP contribution in [0.25, 0.3) is 0 Å². The number of nitrogens with one attached hydrogen (secondary N) is 2. The molecule has 2 rings (SSSR count). The van der Waals surface area contributed by atoms with E-state index in [1.54, 1.807) is 17.5 Å². The van der Waals surface area contributed by atoms with Gasteiger partial charge in [0.1, 0.15) is 9.39 Å². The molecule has 0 saturated heterocycles. The Bertz CT molecular complexity index is 510. The summed E-state index contributed by atoms with van der Waals surface area (Å²) in [5.74, 6) is 0.626. The SMILES string of the molecule is O=c1[nH]cnc(NCCc2nccs2)c1I. The smallest absolute Gasteiger partial charge is 0.266 e. The van der Waals surface area contributed by atoms with Crippen molar-refractivity contribution in [2.24, 2.45) is 0 Å². The number of anilines is 1. The zero-order valence-electron chi connectivity index (χ0n) is 8.24. The van der Waals surface area contributed by atoms with Gasteiger partial charge in [0.15, 0.2) is 0 Å². The lowest BCUT2D eigenvalue weighted by atomic mass is 10.4. The van der Waals surface area contributed by atoms with Crippen LogP contribution < -0.4 is 10.9 Å². The van der Waals surface area contributed by atoms with Crippen LogP contribution in [-0.2, 0) is 6.42 Å². The first-order valence-corrected chi connectivity index (χ1v) is 6.58. The minimum absolute atomic E-state index is 0.118. The quantitative estimate of drug-likeness (QED) is 0.822. The summed E-state index contributed by atoms with van der Waals surface area (Å²) in [7, 11) is 0. The van der Waals surface area contributed by atoms with Gasteiger partial charge in [-0.2, -0.15) is 0 Å². The predicted molar refractivity (Wildman–Crippen MR) is 71.9 cm³/mol. The van der Waals surface area contributed by atoms with Gasteiger partial charge in [0.25, 0.3) is 5.56 Å². The monoisotopic (exact) mass is 348 g/mol. The third kappa shape index (κ3) is 2.79. The average molecular weight is 348 g/mol. The van der Waals surface area contributed by atoms with Crippen molar-refractivity contribution < 1.29 is 0 Å². The van der Waals surface area contributed by atoms with Crippen molar-refractivity contribution in [1.82, 2.24) is 15.0 Å². The number of rotatable bonds is 4. The van der Waals surface area contributed by atoms with Gasteiger partial charge in [-0.1, -0.05) is 0 Å². The van der Waals surface area contributed by atoms with Gasteiger partial charge in [0.2, 0.25) is 0 Å². The third-order valence-corrected chi connectivity index (χ3v) is 3.75. The van der Waals surface area contributed by atoms with E-state index in [1.165, 1.54) is 6.33 Å². The van der Waals surface area contributed by atoms with Crippen LogP contribution in [0.5, 0.6) is 0 Å². The molecule has 2 aromatic heterocycles. The fourth-order valence-electron chi connectivity index (χ4n) is 1.17. The largest absolute Gasteiger partial charge is 0.369 e. The van der Waals surface area contributed by atoms with Gasteiger partial charge in [-0.25, -0.2) is 9.97 Å². The molecular formula is C9H9IN4OS. The van der Waals surface area contributed by atoms with Crippen LogP contribution in [0, 0.1) is 3.57 Å². The number of aromatic amines is 1. The highest BCUT2D eigenvalue weighted by Gasteiger charge is 2.04. The summed E-state index contributed by atoms with van der Waals surface area (Å²) in [5, 5.41) is 6.15. The normalized spacial score (nSPS) is 10.3. The summed E-state index contributed by atoms with van der Waals surface area (Å²) < 4.78 is 0.583. The molecule has 0 bridgehead atoms. The van der Waals surface area contributed by atoms with E-state index in [-0.39, 0.29) is 5.56 Å². The predicted octanol–water partition coefficient (Wildman–Crippen LogP) is 1.49. The molecule has 0 aliphatic heterocycles. The summed E-state index contributed by atoms with van der Waals surface area (Å²) in [4.78, 5) is 22.0. The van der Waals surface area contributed by atoms with E-state index >= 15 is 0 Å². The second kappa shape index (κ2) is 5.39. The zero-order valence-corrected chi connectivity index (χ0v) is 11.2. The van der Waals surface area contributed by atoms with Gasteiger partial charge in [0, 0.05) is 24.5 Å². The zero-order chi connectivity index (χ0) is 11.4. The molecule has 0 amide bonds. The second-order valence-electron chi connectivity index (χ2n) is 3.00. The first-order chi connectivity index (χ1) is 7.77. The maximum Gasteiger partial charge on any atom is 0.266 e. The van der Waals surface area contributed by atoms with Crippen LogP contribution in [0.1, 0.15) is 5.01 Å². The minimum atomic E-state index is -0.118. The van der Waals surface area contributed by atoms with Crippen LogP contribution in [-0.4, -0.2) is 21.5 Å². The Morgan fingerprint density at radius 2 is 2.38 bits per heavy atom. The van der Waals surface area contributed by atoms with E-state index in [0.717, 1.165) is 18.0 Å². The van der Waals surface area contributed by atoms with Crippen molar-refractivity contribution in [3.05, 3.63) is 36.8 Å². The van der Waals surface area contributed by atoms with Crippen molar-refractivity contribution in [2.45, 2.75) is 6.42 Å². The lowest BCUT2D eigenvalue weighted by Gasteiger charge is -2.04. The number of hydrogen-bond donors (Lipinski definition) is 2. The molecule has 0 radical (unpaired) electrons. The third-order valence-electron chi connectivity index (χ3n) is 1.91. The van der Waals surface area contributed by atoms with Crippen molar-refractivity contribution >= 4 is 39.7 Å². The lowest BCUT2D eigenvalue weighted by Crippen LogP contribution is -2.16. The van der Waals surface area contributed by atoms with Crippen LogP contribution in [0.15, 0.2) is 22.7 Å². The maximum absolute atomic E-state index is 11.3. The summed E-state index contributed by atoms with van der Waals surface area (Å²) in [6.07, 6.45) is 4.02. The fourth-order valence-corrected chi connectivity index (χ4v) is 2.28. The van der Waals surface area contributed by atoms with Crippen molar-refractivity contribution in [3.8, 4) is 0 Å². The molecule has 0 fully saturated rings. The number of halogens is 1. The van der Waals surface area contributed by atoms with Crippen LogP contribution in [0.3, 0.4) is 0 Å². The molecule has 0 atom stereocenters. The Morgan fingerprint density at radius 1 is 1.50 bits per heavy atom. The Hall–Kier alpha value is -0.960. The highest BCUT2D eigenvalue weighted by Crippen LogP contribution is 2.09. The van der Waals surface area contributed by atoms with Gasteiger partial charge < -0.3 is 10.3 Å². The minimum Gasteiger partial charge on any atom is -0.369 e. The Kier molecular flexibility index (Phi) is 3.88. The molecule has 5 nitrogen and oxygen atoms in total. The average Bonchev–Trinajstić information content (AvgIpc) is 2.77. The number of thiazole rings is 1. The maximum atomic E-state index is 11.3. The number of nitrogens with zero attached hydrogens (tertiary/aromatic N) is 2. The second-order valence-corrected chi connectivity index (χ2v) is 5.05. The van der Waals surface area contributed by atoms with Gasteiger partial charge >= 0.3 is 0 Å². The fraction of sp³-hybridized carbons (Fsp3) is 0.222. The Morgan fingerprint density at radius 3 is 3.12 bits per heavy atom. The molecule has 0 aliphatic carbocycles. The number of aromatic nitrogens is 3. The van der Waals surface area contributed by atoms with E-state index < -0.39 is 0 Å². The van der Waals surface area contributed by atoms with Crippen molar-refractivity contribution in [2.75, 3.05) is 11.9 Å². The van der Waals surface area contributed by atoms with E-state index in [4.69, 9.17) is 0 Å². The summed E-state index contributed by atoms with van der Waals surface area (Å²) in [5.41, 5.74) is -0.118. The summed E-state index contributed by atoms with van der Waals surface area (Å²) in [6, 6.07) is 0. The molecule has 2 aromatic rings. The summed E-state index contributed by atoms with van der Waals surface area (Å²) in [6.45, 7) is 0.722. The van der Waals surface area contributed by atoms with E-state index in [0.29, 0.717) is 9.39 Å². The molecule has 0 unspecified atom stereocenters. The first kappa shape index (κ1) is 11.5. The molecule has 2 N–H and O–H groups in total. The topological polar surface area (TPSA) is 70.7 Å². The molecule has 0 spiro atoms. The highest BCUT2D eigenvalue weighted by atomic mass is 127. The van der Waals surface area contributed by atoms with Gasteiger partial charge in [-0.15, -0.1) is 11.3 Å². The Balaban J connectivity index is 1.95. The van der Waals surface area contributed by atoms with E-state index in [1.807, 2.05) is 28.0 Å². The molecule has 0 saturated carbocycles.